The molecule has 1 aromatic rings. The van der Waals surface area contributed by atoms with Gasteiger partial charge >= 0.3 is 6.09 Å². The Balaban J connectivity index is 2.13. The van der Waals surface area contributed by atoms with Crippen molar-refractivity contribution in [1.29, 1.82) is 0 Å². The van der Waals surface area contributed by atoms with E-state index in [1.165, 1.54) is 0 Å². The summed E-state index contributed by atoms with van der Waals surface area (Å²) in [4.78, 5) is 11.5. The van der Waals surface area contributed by atoms with Crippen molar-refractivity contribution in [2.75, 3.05) is 6.54 Å². The van der Waals surface area contributed by atoms with Gasteiger partial charge in [-0.3, -0.25) is 0 Å². The van der Waals surface area contributed by atoms with Crippen LogP contribution in [0.2, 0.25) is 0 Å². The lowest BCUT2D eigenvalue weighted by Gasteiger charge is -2.19. The second-order valence-electron chi connectivity index (χ2n) is 5.28. The minimum Gasteiger partial charge on any atom is -0.445 e. The van der Waals surface area contributed by atoms with Gasteiger partial charge in [0.15, 0.2) is 0 Å². The maximum Gasteiger partial charge on any atom is 0.407 e. The van der Waals surface area contributed by atoms with Gasteiger partial charge in [0.2, 0.25) is 0 Å². The first-order chi connectivity index (χ1) is 9.03. The number of carbonyl (C=O) groups is 1. The van der Waals surface area contributed by atoms with Crippen LogP contribution in [-0.4, -0.2) is 12.6 Å². The Bertz CT molecular complexity index is 398. The molecule has 0 bridgehead atoms. The van der Waals surface area contributed by atoms with Gasteiger partial charge in [0, 0.05) is 6.54 Å². The molecule has 3 heteroatoms. The van der Waals surface area contributed by atoms with Gasteiger partial charge in [0.25, 0.3) is 0 Å². The van der Waals surface area contributed by atoms with Crippen LogP contribution in [0.4, 0.5) is 4.79 Å². The molecule has 0 aliphatic rings. The van der Waals surface area contributed by atoms with Gasteiger partial charge < -0.3 is 10.1 Å². The quantitative estimate of drug-likeness (QED) is 0.597. The Morgan fingerprint density at radius 1 is 1.37 bits per heavy atom. The topological polar surface area (TPSA) is 38.3 Å². The second-order valence-corrected chi connectivity index (χ2v) is 5.28. The zero-order valence-electron chi connectivity index (χ0n) is 11.8. The maximum absolute atomic E-state index is 11.5. The van der Waals surface area contributed by atoms with Crippen LogP contribution in [0.1, 0.15) is 32.3 Å². The van der Waals surface area contributed by atoms with E-state index in [-0.39, 0.29) is 11.5 Å². The van der Waals surface area contributed by atoms with Crippen LogP contribution in [0.3, 0.4) is 0 Å². The molecule has 0 spiro atoms. The highest BCUT2D eigenvalue weighted by molar-refractivity contribution is 5.67. The van der Waals surface area contributed by atoms with Crippen molar-refractivity contribution in [2.45, 2.75) is 33.3 Å². The summed E-state index contributed by atoms with van der Waals surface area (Å²) in [6, 6.07) is 9.65. The zero-order valence-corrected chi connectivity index (χ0v) is 11.8. The van der Waals surface area contributed by atoms with Crippen molar-refractivity contribution in [3.63, 3.8) is 0 Å². The molecule has 1 N–H and O–H groups in total. The number of amides is 1. The van der Waals surface area contributed by atoms with E-state index >= 15 is 0 Å². The lowest BCUT2D eigenvalue weighted by atomic mass is 9.88. The fraction of sp³-hybridized carbons (Fsp3) is 0.438. The molecular formula is C16H23NO2. The van der Waals surface area contributed by atoms with Crippen LogP contribution in [0.15, 0.2) is 43.0 Å². The average Bonchev–Trinajstić information content (AvgIpc) is 2.42. The molecule has 3 nitrogen and oxygen atoms in total. The minimum atomic E-state index is -0.361. The van der Waals surface area contributed by atoms with Crippen molar-refractivity contribution in [1.82, 2.24) is 5.32 Å². The Hall–Kier alpha value is -1.77. The number of ether oxygens (including phenoxy) is 1. The summed E-state index contributed by atoms with van der Waals surface area (Å²) in [5.74, 6) is 0. The molecule has 0 atom stereocenters. The molecule has 0 saturated carbocycles. The highest BCUT2D eigenvalue weighted by Crippen LogP contribution is 2.22. The lowest BCUT2D eigenvalue weighted by Crippen LogP contribution is -2.26. The summed E-state index contributed by atoms with van der Waals surface area (Å²) in [5, 5.41) is 2.75. The first-order valence-corrected chi connectivity index (χ1v) is 6.62. The summed E-state index contributed by atoms with van der Waals surface area (Å²) >= 11 is 0. The third-order valence-corrected chi connectivity index (χ3v) is 3.03. The zero-order chi connectivity index (χ0) is 14.1. The van der Waals surface area contributed by atoms with E-state index in [0.29, 0.717) is 13.2 Å². The van der Waals surface area contributed by atoms with Crippen LogP contribution in [0.5, 0.6) is 0 Å². The van der Waals surface area contributed by atoms with Crippen LogP contribution >= 0.6 is 0 Å². The van der Waals surface area contributed by atoms with Crippen molar-refractivity contribution in [3.8, 4) is 0 Å². The van der Waals surface area contributed by atoms with Crippen LogP contribution in [0.25, 0.3) is 0 Å². The van der Waals surface area contributed by atoms with Gasteiger partial charge in [0.05, 0.1) is 0 Å². The van der Waals surface area contributed by atoms with E-state index in [2.05, 4.69) is 25.7 Å². The van der Waals surface area contributed by atoms with Gasteiger partial charge in [-0.2, -0.15) is 0 Å². The molecule has 0 fully saturated rings. The Morgan fingerprint density at radius 2 is 2.05 bits per heavy atom. The van der Waals surface area contributed by atoms with Crippen LogP contribution in [0, 0.1) is 5.41 Å². The van der Waals surface area contributed by atoms with E-state index in [1.54, 1.807) is 0 Å². The Kier molecular flexibility index (Phi) is 6.13. The van der Waals surface area contributed by atoms with E-state index in [9.17, 15) is 4.79 Å². The molecule has 104 valence electrons. The molecule has 0 aliphatic carbocycles. The maximum atomic E-state index is 11.5. The fourth-order valence-electron chi connectivity index (χ4n) is 1.61. The predicted molar refractivity (Wildman–Crippen MR) is 77.8 cm³/mol. The number of alkyl carbamates (subject to hydrolysis) is 1. The van der Waals surface area contributed by atoms with E-state index < -0.39 is 0 Å². The SMILES string of the molecule is C=CC(C)(C)CCCNC(=O)OCc1ccccc1. The number of hydrogen-bond acceptors (Lipinski definition) is 2. The van der Waals surface area contributed by atoms with Gasteiger partial charge in [0.1, 0.15) is 6.61 Å². The monoisotopic (exact) mass is 261 g/mol. The third-order valence-electron chi connectivity index (χ3n) is 3.03. The largest absolute Gasteiger partial charge is 0.445 e. The van der Waals surface area contributed by atoms with E-state index in [0.717, 1.165) is 18.4 Å². The smallest absolute Gasteiger partial charge is 0.407 e. The first-order valence-electron chi connectivity index (χ1n) is 6.62. The van der Waals surface area contributed by atoms with E-state index in [1.807, 2.05) is 36.4 Å². The van der Waals surface area contributed by atoms with Crippen molar-refractivity contribution >= 4 is 6.09 Å². The van der Waals surface area contributed by atoms with Gasteiger partial charge in [-0.15, -0.1) is 6.58 Å². The van der Waals surface area contributed by atoms with Crippen molar-refractivity contribution < 1.29 is 9.53 Å². The minimum absolute atomic E-state index is 0.121. The van der Waals surface area contributed by atoms with Gasteiger partial charge in [-0.05, 0) is 23.8 Å². The predicted octanol–water partition coefficient (Wildman–Crippen LogP) is 3.91. The molecule has 1 aromatic carbocycles. The molecular weight excluding hydrogens is 238 g/mol. The molecule has 0 heterocycles. The highest BCUT2D eigenvalue weighted by Gasteiger charge is 2.12. The average molecular weight is 261 g/mol. The molecule has 1 amide bonds. The van der Waals surface area contributed by atoms with Crippen molar-refractivity contribution in [2.24, 2.45) is 5.41 Å². The second kappa shape index (κ2) is 7.62. The molecule has 0 saturated heterocycles. The summed E-state index contributed by atoms with van der Waals surface area (Å²) in [7, 11) is 0. The van der Waals surface area contributed by atoms with E-state index in [4.69, 9.17) is 4.74 Å². The molecule has 0 unspecified atom stereocenters. The normalized spacial score (nSPS) is 10.8. The van der Waals surface area contributed by atoms with Crippen LogP contribution in [-0.2, 0) is 11.3 Å². The van der Waals surface area contributed by atoms with Gasteiger partial charge in [-0.25, -0.2) is 4.79 Å². The van der Waals surface area contributed by atoms with Crippen molar-refractivity contribution in [3.05, 3.63) is 48.6 Å². The standard InChI is InChI=1S/C16H23NO2/c1-4-16(2,3)11-8-12-17-15(18)19-13-14-9-6-5-7-10-14/h4-7,9-10H,1,8,11-13H2,2-3H3,(H,17,18). The molecule has 0 aliphatic heterocycles. The van der Waals surface area contributed by atoms with Gasteiger partial charge in [-0.1, -0.05) is 50.3 Å². The lowest BCUT2D eigenvalue weighted by molar-refractivity contribution is 0.139. The number of rotatable bonds is 7. The molecule has 0 aromatic heterocycles. The summed E-state index contributed by atoms with van der Waals surface area (Å²) < 4.78 is 5.12. The number of hydrogen-bond donors (Lipinski definition) is 1. The number of benzene rings is 1. The number of allylic oxidation sites excluding steroid dienone is 1. The Morgan fingerprint density at radius 3 is 2.68 bits per heavy atom. The van der Waals surface area contributed by atoms with Crippen LogP contribution < -0.4 is 5.32 Å². The fourth-order valence-corrected chi connectivity index (χ4v) is 1.61. The number of carbonyl (C=O) groups excluding carboxylic acids is 1. The molecule has 19 heavy (non-hydrogen) atoms. The summed E-state index contributed by atoms with van der Waals surface area (Å²) in [6.07, 6.45) is 3.50. The molecule has 1 rings (SSSR count). The first kappa shape index (κ1) is 15.3. The third kappa shape index (κ3) is 6.65. The number of nitrogens with one attached hydrogen (secondary N) is 1. The molecule has 0 radical (unpaired) electrons. The highest BCUT2D eigenvalue weighted by atomic mass is 16.5. The summed E-state index contributed by atoms with van der Waals surface area (Å²) in [5.41, 5.74) is 1.11. The summed E-state index contributed by atoms with van der Waals surface area (Å²) in [6.45, 7) is 9.00. The Labute approximate surface area is 115 Å².